The van der Waals surface area contributed by atoms with E-state index in [0.29, 0.717) is 6.04 Å². The number of pyridine rings is 1. The average Bonchev–Trinajstić information content (AvgIpc) is 3.33. The molecule has 0 radical (unpaired) electrons. The summed E-state index contributed by atoms with van der Waals surface area (Å²) in [6, 6.07) is 11.4. The molecular weight excluding hydrogens is 265 g/mol. The number of benzene rings is 1. The molecule has 1 N–H and O–H groups in total. The van der Waals surface area contributed by atoms with E-state index >= 15 is 0 Å². The molecule has 1 aliphatic carbocycles. The molecule has 1 aromatic carbocycles. The van der Waals surface area contributed by atoms with Gasteiger partial charge in [0.2, 0.25) is 0 Å². The van der Waals surface area contributed by atoms with Gasteiger partial charge in [0, 0.05) is 36.7 Å². The van der Waals surface area contributed by atoms with Crippen molar-refractivity contribution in [3.8, 4) is 0 Å². The SMILES string of the molecule is CCN(c1ccc(F)cc1)c1ccnc(CNC2CC2)c1. The Morgan fingerprint density at radius 1 is 1.19 bits per heavy atom. The summed E-state index contributed by atoms with van der Waals surface area (Å²) >= 11 is 0. The smallest absolute Gasteiger partial charge is 0.123 e. The molecule has 0 spiro atoms. The lowest BCUT2D eigenvalue weighted by Crippen LogP contribution is -2.19. The van der Waals surface area contributed by atoms with Crippen LogP contribution < -0.4 is 10.2 Å². The summed E-state index contributed by atoms with van der Waals surface area (Å²) in [4.78, 5) is 6.57. The molecule has 1 fully saturated rings. The summed E-state index contributed by atoms with van der Waals surface area (Å²) in [6.07, 6.45) is 4.39. The molecule has 1 heterocycles. The van der Waals surface area contributed by atoms with Crippen LogP contribution in [0.15, 0.2) is 42.6 Å². The third-order valence-corrected chi connectivity index (χ3v) is 3.72. The molecule has 0 saturated heterocycles. The van der Waals surface area contributed by atoms with Crippen LogP contribution in [0.4, 0.5) is 15.8 Å². The van der Waals surface area contributed by atoms with Gasteiger partial charge in [-0.25, -0.2) is 4.39 Å². The molecule has 0 unspecified atom stereocenters. The van der Waals surface area contributed by atoms with Gasteiger partial charge >= 0.3 is 0 Å². The van der Waals surface area contributed by atoms with Crippen molar-refractivity contribution in [3.05, 3.63) is 54.1 Å². The van der Waals surface area contributed by atoms with Gasteiger partial charge in [-0.2, -0.15) is 0 Å². The Morgan fingerprint density at radius 2 is 1.95 bits per heavy atom. The van der Waals surface area contributed by atoms with Gasteiger partial charge in [-0.1, -0.05) is 0 Å². The minimum absolute atomic E-state index is 0.209. The maximum atomic E-state index is 13.1. The second-order valence-electron chi connectivity index (χ2n) is 5.38. The molecule has 110 valence electrons. The lowest BCUT2D eigenvalue weighted by atomic mass is 10.2. The van der Waals surface area contributed by atoms with Crippen molar-refractivity contribution in [2.75, 3.05) is 11.4 Å². The van der Waals surface area contributed by atoms with Gasteiger partial charge < -0.3 is 10.2 Å². The van der Waals surface area contributed by atoms with Crippen LogP contribution in [-0.2, 0) is 6.54 Å². The van der Waals surface area contributed by atoms with Gasteiger partial charge in [-0.15, -0.1) is 0 Å². The minimum Gasteiger partial charge on any atom is -0.342 e. The monoisotopic (exact) mass is 285 g/mol. The predicted octanol–water partition coefficient (Wildman–Crippen LogP) is 3.63. The van der Waals surface area contributed by atoms with Gasteiger partial charge in [0.05, 0.1) is 5.69 Å². The summed E-state index contributed by atoms with van der Waals surface area (Å²) in [5, 5.41) is 3.47. The van der Waals surface area contributed by atoms with Crippen molar-refractivity contribution in [2.24, 2.45) is 0 Å². The third-order valence-electron chi connectivity index (χ3n) is 3.72. The lowest BCUT2D eigenvalue weighted by Gasteiger charge is -2.23. The first-order chi connectivity index (χ1) is 10.3. The normalized spacial score (nSPS) is 14.2. The Hall–Kier alpha value is -1.94. The fourth-order valence-corrected chi connectivity index (χ4v) is 2.40. The van der Waals surface area contributed by atoms with Crippen LogP contribution in [0.2, 0.25) is 0 Å². The summed E-state index contributed by atoms with van der Waals surface area (Å²) < 4.78 is 13.1. The van der Waals surface area contributed by atoms with Crippen molar-refractivity contribution in [2.45, 2.75) is 32.4 Å². The molecule has 0 amide bonds. The third kappa shape index (κ3) is 3.58. The highest BCUT2D eigenvalue weighted by atomic mass is 19.1. The van der Waals surface area contributed by atoms with Gasteiger partial charge in [-0.3, -0.25) is 4.98 Å². The minimum atomic E-state index is -0.209. The summed E-state index contributed by atoms with van der Waals surface area (Å²) in [6.45, 7) is 3.72. The molecule has 3 nitrogen and oxygen atoms in total. The molecule has 1 aliphatic rings. The summed E-state index contributed by atoms with van der Waals surface area (Å²) in [7, 11) is 0. The first kappa shape index (κ1) is 14.0. The van der Waals surface area contributed by atoms with E-state index in [-0.39, 0.29) is 5.82 Å². The molecule has 1 aromatic heterocycles. The van der Waals surface area contributed by atoms with E-state index < -0.39 is 0 Å². The van der Waals surface area contributed by atoms with Gasteiger partial charge in [-0.05, 0) is 56.2 Å². The molecule has 2 aromatic rings. The number of aromatic nitrogens is 1. The topological polar surface area (TPSA) is 28.2 Å². The van der Waals surface area contributed by atoms with Crippen LogP contribution in [0.1, 0.15) is 25.5 Å². The van der Waals surface area contributed by atoms with E-state index in [9.17, 15) is 4.39 Å². The Labute approximate surface area is 124 Å². The van der Waals surface area contributed by atoms with E-state index in [4.69, 9.17) is 0 Å². The number of nitrogens with zero attached hydrogens (tertiary/aromatic N) is 2. The Morgan fingerprint density at radius 3 is 2.62 bits per heavy atom. The van der Waals surface area contributed by atoms with Gasteiger partial charge in [0.1, 0.15) is 5.82 Å². The molecule has 3 rings (SSSR count). The Balaban J connectivity index is 1.78. The number of hydrogen-bond acceptors (Lipinski definition) is 3. The second kappa shape index (κ2) is 6.22. The van der Waals surface area contributed by atoms with E-state index in [1.54, 1.807) is 12.1 Å². The van der Waals surface area contributed by atoms with Crippen molar-refractivity contribution in [1.82, 2.24) is 10.3 Å². The lowest BCUT2D eigenvalue weighted by molar-refractivity contribution is 0.628. The fraction of sp³-hybridized carbons (Fsp3) is 0.353. The Kier molecular flexibility index (Phi) is 4.15. The van der Waals surface area contributed by atoms with Crippen molar-refractivity contribution in [3.63, 3.8) is 0 Å². The number of rotatable bonds is 6. The number of anilines is 2. The molecule has 4 heteroatoms. The van der Waals surface area contributed by atoms with Crippen molar-refractivity contribution in [1.29, 1.82) is 0 Å². The van der Waals surface area contributed by atoms with Gasteiger partial charge in [0.15, 0.2) is 0 Å². The van der Waals surface area contributed by atoms with Crippen LogP contribution in [0.3, 0.4) is 0 Å². The number of halogens is 1. The zero-order chi connectivity index (χ0) is 14.7. The maximum Gasteiger partial charge on any atom is 0.123 e. The molecule has 0 atom stereocenters. The predicted molar refractivity (Wildman–Crippen MR) is 83.2 cm³/mol. The Bertz CT molecular complexity index is 593. The first-order valence-corrected chi connectivity index (χ1v) is 7.47. The molecule has 1 saturated carbocycles. The van der Waals surface area contributed by atoms with E-state index in [1.807, 2.05) is 12.3 Å². The average molecular weight is 285 g/mol. The van der Waals surface area contributed by atoms with E-state index in [2.05, 4.69) is 28.2 Å². The van der Waals surface area contributed by atoms with E-state index in [1.165, 1.54) is 25.0 Å². The fourth-order valence-electron chi connectivity index (χ4n) is 2.40. The number of hydrogen-bond donors (Lipinski definition) is 1. The molecule has 0 bridgehead atoms. The first-order valence-electron chi connectivity index (χ1n) is 7.47. The summed E-state index contributed by atoms with van der Waals surface area (Å²) in [5.41, 5.74) is 3.12. The highest BCUT2D eigenvalue weighted by molar-refractivity contribution is 5.63. The number of nitrogens with one attached hydrogen (secondary N) is 1. The highest BCUT2D eigenvalue weighted by Crippen LogP contribution is 2.26. The van der Waals surface area contributed by atoms with Crippen LogP contribution in [0, 0.1) is 5.82 Å². The molecule has 0 aliphatic heterocycles. The second-order valence-corrected chi connectivity index (χ2v) is 5.38. The molecule has 21 heavy (non-hydrogen) atoms. The van der Waals surface area contributed by atoms with Crippen molar-refractivity contribution >= 4 is 11.4 Å². The molecular formula is C17H20FN3. The quantitative estimate of drug-likeness (QED) is 0.878. The van der Waals surface area contributed by atoms with Crippen LogP contribution in [0.5, 0.6) is 0 Å². The largest absolute Gasteiger partial charge is 0.342 e. The highest BCUT2D eigenvalue weighted by Gasteiger charge is 2.20. The van der Waals surface area contributed by atoms with Crippen LogP contribution in [0.25, 0.3) is 0 Å². The van der Waals surface area contributed by atoms with Crippen LogP contribution >= 0.6 is 0 Å². The maximum absolute atomic E-state index is 13.1. The summed E-state index contributed by atoms with van der Waals surface area (Å²) in [5.74, 6) is -0.209. The van der Waals surface area contributed by atoms with Crippen molar-refractivity contribution < 1.29 is 4.39 Å². The van der Waals surface area contributed by atoms with E-state index in [0.717, 1.165) is 30.2 Å². The van der Waals surface area contributed by atoms with Crippen LogP contribution in [-0.4, -0.2) is 17.6 Å². The standard InChI is InChI=1S/C17H20FN3/c1-2-21(16-7-3-13(18)4-8-16)17-9-10-19-15(11-17)12-20-14-5-6-14/h3-4,7-11,14,20H,2,5-6,12H2,1H3. The van der Waals surface area contributed by atoms with Gasteiger partial charge in [0.25, 0.3) is 0 Å². The zero-order valence-electron chi connectivity index (χ0n) is 12.2. The zero-order valence-corrected chi connectivity index (χ0v) is 12.2.